The SMILES string of the molecule is CCOC(=O)c1cc(C#N)c(SCC(=O)Nc2cc(Cl)c(Cl)cc2Cl)nc1C. The number of amides is 1. The fourth-order valence-corrected chi connectivity index (χ4v) is 3.52. The second kappa shape index (κ2) is 9.99. The third-order valence-corrected chi connectivity index (χ3v) is 5.44. The quantitative estimate of drug-likeness (QED) is 0.366. The maximum atomic E-state index is 12.2. The first-order valence-corrected chi connectivity index (χ1v) is 10.0. The molecule has 1 heterocycles. The topological polar surface area (TPSA) is 92.1 Å². The van der Waals surface area contributed by atoms with Gasteiger partial charge in [-0.1, -0.05) is 46.6 Å². The molecule has 10 heteroatoms. The molecule has 0 saturated carbocycles. The van der Waals surface area contributed by atoms with Crippen LogP contribution in [0.15, 0.2) is 23.2 Å². The number of esters is 1. The molecule has 0 aliphatic carbocycles. The molecule has 0 aliphatic heterocycles. The maximum Gasteiger partial charge on any atom is 0.340 e. The highest BCUT2D eigenvalue weighted by atomic mass is 35.5. The summed E-state index contributed by atoms with van der Waals surface area (Å²) in [6, 6.07) is 6.28. The fraction of sp³-hybridized carbons (Fsp3) is 0.222. The lowest BCUT2D eigenvalue weighted by Crippen LogP contribution is -2.15. The number of carbonyl (C=O) groups is 2. The van der Waals surface area contributed by atoms with Gasteiger partial charge in [-0.2, -0.15) is 5.26 Å². The van der Waals surface area contributed by atoms with Crippen molar-refractivity contribution in [2.75, 3.05) is 17.7 Å². The van der Waals surface area contributed by atoms with Crippen LogP contribution >= 0.6 is 46.6 Å². The zero-order chi connectivity index (χ0) is 20.8. The Kier molecular flexibility index (Phi) is 7.96. The third-order valence-electron chi connectivity index (χ3n) is 3.42. The van der Waals surface area contributed by atoms with Crippen molar-refractivity contribution in [3.63, 3.8) is 0 Å². The van der Waals surface area contributed by atoms with E-state index in [-0.39, 0.29) is 44.5 Å². The Morgan fingerprint density at radius 2 is 1.89 bits per heavy atom. The van der Waals surface area contributed by atoms with Crippen molar-refractivity contribution in [2.24, 2.45) is 0 Å². The number of nitrogens with zero attached hydrogens (tertiary/aromatic N) is 2. The normalized spacial score (nSPS) is 10.3. The average molecular weight is 459 g/mol. The molecule has 0 bridgehead atoms. The molecule has 6 nitrogen and oxygen atoms in total. The molecular weight excluding hydrogens is 445 g/mol. The van der Waals surface area contributed by atoms with E-state index in [1.807, 2.05) is 6.07 Å². The molecule has 0 fully saturated rings. The van der Waals surface area contributed by atoms with E-state index in [1.165, 1.54) is 18.2 Å². The summed E-state index contributed by atoms with van der Waals surface area (Å²) >= 11 is 18.9. The summed E-state index contributed by atoms with van der Waals surface area (Å²) in [6.07, 6.45) is 0. The van der Waals surface area contributed by atoms with Gasteiger partial charge in [-0.15, -0.1) is 0 Å². The zero-order valence-corrected chi connectivity index (χ0v) is 17.9. The van der Waals surface area contributed by atoms with Crippen LogP contribution < -0.4 is 5.32 Å². The Hall–Kier alpha value is -1.98. The van der Waals surface area contributed by atoms with Crippen LogP contribution in [0.1, 0.15) is 28.5 Å². The lowest BCUT2D eigenvalue weighted by atomic mass is 10.1. The first-order chi connectivity index (χ1) is 13.3. The van der Waals surface area contributed by atoms with E-state index in [2.05, 4.69) is 10.3 Å². The van der Waals surface area contributed by atoms with Crippen molar-refractivity contribution in [2.45, 2.75) is 18.9 Å². The number of nitriles is 1. The zero-order valence-electron chi connectivity index (χ0n) is 14.8. The van der Waals surface area contributed by atoms with Gasteiger partial charge in [0.1, 0.15) is 11.1 Å². The second-order valence-corrected chi connectivity index (χ2v) is 7.57. The molecule has 0 atom stereocenters. The summed E-state index contributed by atoms with van der Waals surface area (Å²) in [4.78, 5) is 28.4. The third kappa shape index (κ3) is 5.52. The lowest BCUT2D eigenvalue weighted by molar-refractivity contribution is -0.113. The number of thioether (sulfide) groups is 1. The van der Waals surface area contributed by atoms with Gasteiger partial charge >= 0.3 is 5.97 Å². The highest BCUT2D eigenvalue weighted by Gasteiger charge is 2.17. The smallest absolute Gasteiger partial charge is 0.340 e. The van der Waals surface area contributed by atoms with Crippen LogP contribution in [-0.4, -0.2) is 29.2 Å². The number of hydrogen-bond donors (Lipinski definition) is 1. The number of benzene rings is 1. The van der Waals surface area contributed by atoms with Crippen molar-refractivity contribution < 1.29 is 14.3 Å². The summed E-state index contributed by atoms with van der Waals surface area (Å²) in [5.41, 5.74) is 1.13. The Morgan fingerprint density at radius 1 is 1.21 bits per heavy atom. The largest absolute Gasteiger partial charge is 0.462 e. The molecule has 2 rings (SSSR count). The fourth-order valence-electron chi connectivity index (χ4n) is 2.13. The molecule has 1 amide bonds. The molecule has 0 spiro atoms. The van der Waals surface area contributed by atoms with E-state index < -0.39 is 5.97 Å². The van der Waals surface area contributed by atoms with Crippen molar-refractivity contribution in [1.29, 1.82) is 5.26 Å². The molecule has 2 aromatic rings. The number of rotatable bonds is 6. The van der Waals surface area contributed by atoms with Gasteiger partial charge in [-0.3, -0.25) is 4.79 Å². The van der Waals surface area contributed by atoms with Gasteiger partial charge in [0.05, 0.1) is 49.9 Å². The van der Waals surface area contributed by atoms with Crippen LogP contribution in [0, 0.1) is 18.3 Å². The standard InChI is InChI=1S/C18H14Cl3N3O3S/c1-3-27-18(26)11-4-10(7-22)17(23-9(11)2)28-8-16(25)24-15-6-13(20)12(19)5-14(15)21/h4-6H,3,8H2,1-2H3,(H,24,25). The monoisotopic (exact) mass is 457 g/mol. The highest BCUT2D eigenvalue weighted by molar-refractivity contribution is 8.00. The number of hydrogen-bond acceptors (Lipinski definition) is 6. The van der Waals surface area contributed by atoms with Crippen molar-refractivity contribution in [1.82, 2.24) is 4.98 Å². The van der Waals surface area contributed by atoms with Gasteiger partial charge in [-0.25, -0.2) is 9.78 Å². The van der Waals surface area contributed by atoms with Gasteiger partial charge in [0.15, 0.2) is 0 Å². The van der Waals surface area contributed by atoms with Gasteiger partial charge < -0.3 is 10.1 Å². The Balaban J connectivity index is 2.13. The van der Waals surface area contributed by atoms with Crippen LogP contribution in [0.3, 0.4) is 0 Å². The number of pyridine rings is 1. The van der Waals surface area contributed by atoms with Crippen LogP contribution in [-0.2, 0) is 9.53 Å². The molecule has 1 N–H and O–H groups in total. The average Bonchev–Trinajstić information content (AvgIpc) is 2.64. The first-order valence-electron chi connectivity index (χ1n) is 7.92. The Bertz CT molecular complexity index is 977. The maximum absolute atomic E-state index is 12.2. The van der Waals surface area contributed by atoms with E-state index in [9.17, 15) is 14.9 Å². The van der Waals surface area contributed by atoms with Crippen molar-refractivity contribution >= 4 is 64.1 Å². The molecule has 1 aromatic carbocycles. The van der Waals surface area contributed by atoms with Crippen LogP contribution in [0.5, 0.6) is 0 Å². The van der Waals surface area contributed by atoms with Gasteiger partial charge in [0.2, 0.25) is 5.91 Å². The molecule has 0 unspecified atom stereocenters. The number of aromatic nitrogens is 1. The summed E-state index contributed by atoms with van der Waals surface area (Å²) in [6.45, 7) is 3.54. The van der Waals surface area contributed by atoms with Crippen LogP contribution in [0.4, 0.5) is 5.69 Å². The summed E-state index contributed by atoms with van der Waals surface area (Å²) in [7, 11) is 0. The van der Waals surface area contributed by atoms with E-state index in [0.29, 0.717) is 16.4 Å². The number of nitrogens with one attached hydrogen (secondary N) is 1. The minimum Gasteiger partial charge on any atom is -0.462 e. The Morgan fingerprint density at radius 3 is 2.54 bits per heavy atom. The molecule has 146 valence electrons. The molecule has 1 aromatic heterocycles. The van der Waals surface area contributed by atoms with Crippen LogP contribution in [0.2, 0.25) is 15.1 Å². The number of aryl methyl sites for hydroxylation is 1. The van der Waals surface area contributed by atoms with Gasteiger partial charge in [-0.05, 0) is 32.0 Å². The van der Waals surface area contributed by atoms with E-state index in [0.717, 1.165) is 11.8 Å². The minimum atomic E-state index is -0.549. The second-order valence-electron chi connectivity index (χ2n) is 5.39. The first kappa shape index (κ1) is 22.3. The molecule has 28 heavy (non-hydrogen) atoms. The number of anilines is 1. The van der Waals surface area contributed by atoms with E-state index in [4.69, 9.17) is 39.5 Å². The summed E-state index contributed by atoms with van der Waals surface area (Å²) < 4.78 is 4.95. The predicted molar refractivity (Wildman–Crippen MR) is 110 cm³/mol. The van der Waals surface area contributed by atoms with Crippen LogP contribution in [0.25, 0.3) is 0 Å². The summed E-state index contributed by atoms with van der Waals surface area (Å²) in [5.74, 6) is -0.952. The number of ether oxygens (including phenoxy) is 1. The summed E-state index contributed by atoms with van der Waals surface area (Å²) in [5, 5.41) is 13.1. The van der Waals surface area contributed by atoms with E-state index in [1.54, 1.807) is 13.8 Å². The predicted octanol–water partition coefficient (Wildman–Crippen LogP) is 5.13. The number of halogens is 3. The van der Waals surface area contributed by atoms with E-state index >= 15 is 0 Å². The molecule has 0 aliphatic rings. The number of carbonyl (C=O) groups excluding carboxylic acids is 2. The van der Waals surface area contributed by atoms with Gasteiger partial charge in [0, 0.05) is 0 Å². The van der Waals surface area contributed by atoms with Crippen molar-refractivity contribution in [3.8, 4) is 6.07 Å². The molecular formula is C18H14Cl3N3O3S. The molecule has 0 radical (unpaired) electrons. The Labute approximate surface area is 181 Å². The highest BCUT2D eigenvalue weighted by Crippen LogP contribution is 2.32. The van der Waals surface area contributed by atoms with Gasteiger partial charge in [0.25, 0.3) is 0 Å². The molecule has 0 saturated heterocycles. The minimum absolute atomic E-state index is 0.0313. The van der Waals surface area contributed by atoms with Crippen molar-refractivity contribution in [3.05, 3.63) is 50.1 Å². The lowest BCUT2D eigenvalue weighted by Gasteiger charge is -2.10.